The van der Waals surface area contributed by atoms with Crippen LogP contribution in [0.25, 0.3) is 72.0 Å². The molecule has 0 amide bonds. The largest absolute Gasteiger partial charge is 0.455 e. The Morgan fingerprint density at radius 1 is 0.540 bits per heavy atom. The molecule has 0 bridgehead atoms. The van der Waals surface area contributed by atoms with Gasteiger partial charge in [0.15, 0.2) is 0 Å². The number of pyridine rings is 2. The van der Waals surface area contributed by atoms with Crippen LogP contribution in [0.2, 0.25) is 0 Å². The lowest BCUT2D eigenvalue weighted by atomic mass is 9.99. The molecule has 4 nitrogen and oxygen atoms in total. The molecule has 4 heteroatoms. The second-order valence-electron chi connectivity index (χ2n) is 14.2. The summed E-state index contributed by atoms with van der Waals surface area (Å²) in [4.78, 5) is 9.18. The van der Waals surface area contributed by atoms with E-state index in [0.29, 0.717) is 17.8 Å². The minimum absolute atomic E-state index is 0. The molecule has 0 aliphatic carbocycles. The molecule has 0 spiro atoms. The summed E-state index contributed by atoms with van der Waals surface area (Å²) in [6.45, 7) is 19.3. The highest BCUT2D eigenvalue weighted by molar-refractivity contribution is 6.11. The van der Waals surface area contributed by atoms with E-state index in [1.54, 1.807) is 0 Å². The van der Waals surface area contributed by atoms with Gasteiger partial charge < -0.3 is 8.83 Å². The number of allylic oxidation sites excluding steroid dienone is 1. The van der Waals surface area contributed by atoms with Crippen LogP contribution in [0.4, 0.5) is 0 Å². The summed E-state index contributed by atoms with van der Waals surface area (Å²) in [5.41, 5.74) is 13.7. The third-order valence-electron chi connectivity index (χ3n) is 9.61. The molecule has 0 aliphatic rings. The smallest absolute Gasteiger partial charge is 0.144 e. The minimum Gasteiger partial charge on any atom is -0.455 e. The fourth-order valence-corrected chi connectivity index (χ4v) is 6.79. The SMILES string of the molecule is C=C(C)c1ccnc(-c2cccc3c2oc2c(C(C)C)cccc23)c1.CC(C)c1ccnc(-c2cccc3c2oc2c(C(C)C)cccc23)c1.[HH]. The van der Waals surface area contributed by atoms with Crippen molar-refractivity contribution in [2.24, 2.45) is 0 Å². The van der Waals surface area contributed by atoms with Gasteiger partial charge in [0.25, 0.3) is 0 Å². The Kier molecular flexibility index (Phi) is 8.88. The van der Waals surface area contributed by atoms with E-state index in [4.69, 9.17) is 8.83 Å². The van der Waals surface area contributed by atoms with Crippen molar-refractivity contribution < 1.29 is 10.3 Å². The molecule has 8 rings (SSSR count). The van der Waals surface area contributed by atoms with E-state index in [1.807, 2.05) is 25.4 Å². The van der Waals surface area contributed by atoms with Crippen LogP contribution in [0, 0.1) is 0 Å². The van der Waals surface area contributed by atoms with Gasteiger partial charge >= 0.3 is 0 Å². The Morgan fingerprint density at radius 3 is 1.44 bits per heavy atom. The Balaban J connectivity index is 0.000000172. The molecule has 8 aromatic rings. The number of rotatable bonds is 6. The average Bonchev–Trinajstić information content (AvgIpc) is 3.70. The summed E-state index contributed by atoms with van der Waals surface area (Å²) in [6, 6.07) is 33.8. The topological polar surface area (TPSA) is 52.1 Å². The van der Waals surface area contributed by atoms with Crippen molar-refractivity contribution in [3.05, 3.63) is 138 Å². The maximum atomic E-state index is 6.39. The van der Waals surface area contributed by atoms with E-state index in [9.17, 15) is 0 Å². The molecular formula is C46H46N2O2. The van der Waals surface area contributed by atoms with Crippen LogP contribution in [0.3, 0.4) is 0 Å². The van der Waals surface area contributed by atoms with E-state index >= 15 is 0 Å². The first-order valence-electron chi connectivity index (χ1n) is 17.6. The number of nitrogens with zero attached hydrogens (tertiary/aromatic N) is 2. The van der Waals surface area contributed by atoms with Crippen molar-refractivity contribution >= 4 is 49.5 Å². The molecule has 0 aliphatic heterocycles. The van der Waals surface area contributed by atoms with Crippen molar-refractivity contribution in [1.82, 2.24) is 9.97 Å². The molecule has 4 aromatic heterocycles. The maximum absolute atomic E-state index is 6.39. The number of benzene rings is 4. The average molecular weight is 659 g/mol. The molecule has 252 valence electrons. The zero-order valence-electron chi connectivity index (χ0n) is 30.0. The van der Waals surface area contributed by atoms with Gasteiger partial charge in [-0.25, -0.2) is 0 Å². The summed E-state index contributed by atoms with van der Waals surface area (Å²) < 4.78 is 12.8. The summed E-state index contributed by atoms with van der Waals surface area (Å²) >= 11 is 0. The summed E-state index contributed by atoms with van der Waals surface area (Å²) in [5.74, 6) is 1.32. The molecule has 4 heterocycles. The molecule has 0 radical (unpaired) electrons. The third-order valence-corrected chi connectivity index (χ3v) is 9.61. The quantitative estimate of drug-likeness (QED) is 0.178. The predicted octanol–water partition coefficient (Wildman–Crippen LogP) is 13.9. The molecule has 0 fully saturated rings. The van der Waals surface area contributed by atoms with Gasteiger partial charge in [0.1, 0.15) is 22.3 Å². The van der Waals surface area contributed by atoms with Crippen molar-refractivity contribution in [3.63, 3.8) is 0 Å². The van der Waals surface area contributed by atoms with Crippen LogP contribution < -0.4 is 0 Å². The summed E-state index contributed by atoms with van der Waals surface area (Å²) in [7, 11) is 0. The monoisotopic (exact) mass is 658 g/mol. The van der Waals surface area contributed by atoms with Crippen LogP contribution in [0.5, 0.6) is 0 Å². The highest BCUT2D eigenvalue weighted by Gasteiger charge is 2.18. The Hall–Kier alpha value is -5.48. The van der Waals surface area contributed by atoms with Crippen LogP contribution in [-0.2, 0) is 0 Å². The van der Waals surface area contributed by atoms with Crippen LogP contribution in [0.1, 0.15) is 89.9 Å². The Bertz CT molecular complexity index is 2520. The molecule has 0 atom stereocenters. The van der Waals surface area contributed by atoms with Gasteiger partial charge in [-0.1, -0.05) is 114 Å². The second-order valence-corrected chi connectivity index (χ2v) is 14.2. The number of hydrogen-bond donors (Lipinski definition) is 0. The van der Waals surface area contributed by atoms with Crippen LogP contribution in [0.15, 0.2) is 125 Å². The number of fused-ring (bicyclic) bond motifs is 6. The molecule has 50 heavy (non-hydrogen) atoms. The zero-order chi connectivity index (χ0) is 35.1. The van der Waals surface area contributed by atoms with Gasteiger partial charge in [0.05, 0.1) is 11.4 Å². The first-order chi connectivity index (χ1) is 24.1. The lowest BCUT2D eigenvalue weighted by Gasteiger charge is -2.08. The molecule has 0 N–H and O–H groups in total. The molecule has 0 unspecified atom stereocenters. The fourth-order valence-electron chi connectivity index (χ4n) is 6.79. The van der Waals surface area contributed by atoms with Gasteiger partial charge in [-0.3, -0.25) is 9.97 Å². The standard InChI is InChI=1S/C23H23NO.C23H21NO.H2/c2*1-14(2)16-11-12-24-21(13-16)20-10-6-9-19-18-8-5-7-17(15(3)4)22(18)25-23(19)20;/h5-15H,1-4H3;5-13,15H,1H2,2-4H3;1H. The zero-order valence-corrected chi connectivity index (χ0v) is 30.0. The summed E-state index contributed by atoms with van der Waals surface area (Å²) in [5, 5.41) is 4.64. The van der Waals surface area contributed by atoms with Gasteiger partial charge in [-0.2, -0.15) is 0 Å². The van der Waals surface area contributed by atoms with Crippen molar-refractivity contribution in [2.45, 2.75) is 66.2 Å². The van der Waals surface area contributed by atoms with Gasteiger partial charge in [0.2, 0.25) is 0 Å². The minimum atomic E-state index is 0. The van der Waals surface area contributed by atoms with Gasteiger partial charge in [0, 0.05) is 46.5 Å². The van der Waals surface area contributed by atoms with E-state index in [0.717, 1.165) is 66.8 Å². The maximum Gasteiger partial charge on any atom is 0.144 e. The van der Waals surface area contributed by atoms with E-state index in [1.165, 1.54) is 27.5 Å². The van der Waals surface area contributed by atoms with E-state index in [2.05, 4.69) is 149 Å². The Morgan fingerprint density at radius 2 is 0.980 bits per heavy atom. The van der Waals surface area contributed by atoms with E-state index in [-0.39, 0.29) is 1.43 Å². The number of hydrogen-bond acceptors (Lipinski definition) is 4. The fraction of sp³-hybridized carbons (Fsp3) is 0.217. The highest BCUT2D eigenvalue weighted by atomic mass is 16.3. The number of para-hydroxylation sites is 4. The van der Waals surface area contributed by atoms with Gasteiger partial charge in [-0.15, -0.1) is 0 Å². The first-order valence-corrected chi connectivity index (χ1v) is 17.6. The van der Waals surface area contributed by atoms with Crippen LogP contribution >= 0.6 is 0 Å². The molecular weight excluding hydrogens is 613 g/mol. The molecule has 0 saturated carbocycles. The highest BCUT2D eigenvalue weighted by Crippen LogP contribution is 2.40. The Labute approximate surface area is 296 Å². The molecule has 4 aromatic carbocycles. The summed E-state index contributed by atoms with van der Waals surface area (Å²) in [6.07, 6.45) is 3.73. The normalized spacial score (nSPS) is 11.7. The van der Waals surface area contributed by atoms with Gasteiger partial charge in [-0.05, 0) is 83.3 Å². The first kappa shape index (κ1) is 33.0. The molecule has 0 saturated heterocycles. The van der Waals surface area contributed by atoms with Crippen molar-refractivity contribution in [1.29, 1.82) is 0 Å². The van der Waals surface area contributed by atoms with Crippen molar-refractivity contribution in [2.75, 3.05) is 0 Å². The lowest BCUT2D eigenvalue weighted by Crippen LogP contribution is -1.90. The predicted molar refractivity (Wildman–Crippen MR) is 213 cm³/mol. The van der Waals surface area contributed by atoms with Crippen LogP contribution in [-0.4, -0.2) is 9.97 Å². The number of aromatic nitrogens is 2. The van der Waals surface area contributed by atoms with E-state index < -0.39 is 0 Å². The second kappa shape index (κ2) is 13.4. The number of furan rings is 2. The third kappa shape index (κ3) is 6.00. The lowest BCUT2D eigenvalue weighted by molar-refractivity contribution is 0.657. The van der Waals surface area contributed by atoms with Crippen molar-refractivity contribution in [3.8, 4) is 22.5 Å².